The van der Waals surface area contributed by atoms with Crippen molar-refractivity contribution in [2.24, 2.45) is 4.99 Å². The first kappa shape index (κ1) is 22.2. The summed E-state index contributed by atoms with van der Waals surface area (Å²) in [5.74, 6) is 0.724. The average Bonchev–Trinajstić information content (AvgIpc) is 2.59. The van der Waals surface area contributed by atoms with Gasteiger partial charge in [0.1, 0.15) is 6.61 Å². The minimum atomic E-state index is -4.30. The number of benzene rings is 1. The predicted molar refractivity (Wildman–Crippen MR) is 96.1 cm³/mol. The van der Waals surface area contributed by atoms with Crippen LogP contribution >= 0.6 is 0 Å². The van der Waals surface area contributed by atoms with Crippen molar-refractivity contribution in [2.75, 3.05) is 32.9 Å². The van der Waals surface area contributed by atoms with Crippen molar-refractivity contribution in [2.45, 2.75) is 39.6 Å². The van der Waals surface area contributed by atoms with Crippen molar-refractivity contribution in [3.8, 4) is 0 Å². The van der Waals surface area contributed by atoms with Gasteiger partial charge in [0.05, 0.1) is 13.2 Å². The van der Waals surface area contributed by atoms with Crippen molar-refractivity contribution in [1.29, 1.82) is 0 Å². The van der Waals surface area contributed by atoms with E-state index in [9.17, 15) is 13.2 Å². The summed E-state index contributed by atoms with van der Waals surface area (Å²) in [6.45, 7) is 6.08. The van der Waals surface area contributed by atoms with Crippen LogP contribution in [0.15, 0.2) is 29.3 Å². The molecule has 5 nitrogen and oxygen atoms in total. The lowest BCUT2D eigenvalue weighted by molar-refractivity contribution is -0.176. The molecular formula is C18H28F3N3O2. The van der Waals surface area contributed by atoms with E-state index in [-0.39, 0.29) is 6.61 Å². The molecular weight excluding hydrogens is 347 g/mol. The molecule has 0 bridgehead atoms. The van der Waals surface area contributed by atoms with Gasteiger partial charge in [-0.25, -0.2) is 4.99 Å². The second-order valence-electron chi connectivity index (χ2n) is 5.60. The molecule has 0 atom stereocenters. The molecule has 0 spiro atoms. The smallest absolute Gasteiger partial charge is 0.382 e. The van der Waals surface area contributed by atoms with Gasteiger partial charge < -0.3 is 20.1 Å². The van der Waals surface area contributed by atoms with Gasteiger partial charge in [0, 0.05) is 26.3 Å². The van der Waals surface area contributed by atoms with Crippen LogP contribution in [0.25, 0.3) is 0 Å². The van der Waals surface area contributed by atoms with E-state index in [2.05, 4.69) is 20.4 Å². The summed E-state index contributed by atoms with van der Waals surface area (Å²) in [6.07, 6.45) is -3.40. The van der Waals surface area contributed by atoms with Gasteiger partial charge in [0.15, 0.2) is 5.96 Å². The van der Waals surface area contributed by atoms with E-state index in [4.69, 9.17) is 4.74 Å². The molecule has 0 saturated heterocycles. The first-order valence-corrected chi connectivity index (χ1v) is 8.76. The summed E-state index contributed by atoms with van der Waals surface area (Å²) in [6, 6.07) is 7.19. The Morgan fingerprint density at radius 2 is 1.73 bits per heavy atom. The number of ether oxygens (including phenoxy) is 2. The van der Waals surface area contributed by atoms with E-state index in [0.717, 1.165) is 31.0 Å². The first-order valence-electron chi connectivity index (χ1n) is 8.76. The number of hydrogen-bond donors (Lipinski definition) is 2. The van der Waals surface area contributed by atoms with Crippen LogP contribution in [0.3, 0.4) is 0 Å². The maximum Gasteiger partial charge on any atom is 0.411 e. The van der Waals surface area contributed by atoms with E-state index in [1.54, 1.807) is 12.1 Å². The molecule has 0 heterocycles. The Bertz CT molecular complexity index is 519. The summed E-state index contributed by atoms with van der Waals surface area (Å²) in [7, 11) is 0. The Balaban J connectivity index is 2.42. The minimum absolute atomic E-state index is 0.0624. The maximum atomic E-state index is 12.1. The second-order valence-corrected chi connectivity index (χ2v) is 5.60. The highest BCUT2D eigenvalue weighted by atomic mass is 19.4. The number of aliphatic imine (C=N–C) groups is 1. The molecule has 26 heavy (non-hydrogen) atoms. The predicted octanol–water partition coefficient (Wildman–Crippen LogP) is 3.25. The van der Waals surface area contributed by atoms with Crippen LogP contribution in [0.2, 0.25) is 0 Å². The number of halogens is 3. The third-order valence-electron chi connectivity index (χ3n) is 3.28. The van der Waals surface area contributed by atoms with Crippen LogP contribution in [0, 0.1) is 0 Å². The Morgan fingerprint density at radius 1 is 1.04 bits per heavy atom. The Labute approximate surface area is 153 Å². The summed E-state index contributed by atoms with van der Waals surface area (Å²) in [4.78, 5) is 4.50. The van der Waals surface area contributed by atoms with Crippen LogP contribution in [0.5, 0.6) is 0 Å². The average molecular weight is 375 g/mol. The summed E-state index contributed by atoms with van der Waals surface area (Å²) in [5, 5.41) is 6.40. The summed E-state index contributed by atoms with van der Waals surface area (Å²) in [5.41, 5.74) is 1.67. The number of nitrogens with one attached hydrogen (secondary N) is 2. The largest absolute Gasteiger partial charge is 0.411 e. The van der Waals surface area contributed by atoms with Crippen molar-refractivity contribution < 1.29 is 22.6 Å². The molecule has 0 aliphatic carbocycles. The third kappa shape index (κ3) is 10.9. The van der Waals surface area contributed by atoms with Gasteiger partial charge in [-0.1, -0.05) is 24.3 Å². The van der Waals surface area contributed by atoms with Gasteiger partial charge in [-0.15, -0.1) is 0 Å². The molecule has 1 aromatic carbocycles. The highest BCUT2D eigenvalue weighted by molar-refractivity contribution is 5.79. The molecule has 148 valence electrons. The Kier molecular flexibility index (Phi) is 10.7. The number of alkyl halides is 3. The van der Waals surface area contributed by atoms with Crippen LogP contribution < -0.4 is 10.6 Å². The monoisotopic (exact) mass is 375 g/mol. The van der Waals surface area contributed by atoms with Gasteiger partial charge in [0.25, 0.3) is 0 Å². The lowest BCUT2D eigenvalue weighted by Gasteiger charge is -2.11. The molecule has 0 aliphatic heterocycles. The van der Waals surface area contributed by atoms with E-state index in [0.29, 0.717) is 25.3 Å². The maximum absolute atomic E-state index is 12.1. The highest BCUT2D eigenvalue weighted by Gasteiger charge is 2.27. The number of nitrogens with zero attached hydrogens (tertiary/aromatic N) is 1. The molecule has 0 radical (unpaired) electrons. The first-order chi connectivity index (χ1) is 12.4. The number of hydrogen-bond acceptors (Lipinski definition) is 3. The fraction of sp³-hybridized carbons (Fsp3) is 0.611. The van der Waals surface area contributed by atoms with Crippen LogP contribution in [-0.2, 0) is 22.6 Å². The third-order valence-corrected chi connectivity index (χ3v) is 3.28. The SMILES string of the molecule is CCNC(=NCc1ccc(COCC(F)(F)F)cc1)NCCCOCC. The standard InChI is InChI=1S/C18H28F3N3O2/c1-3-22-17(23-10-5-11-25-4-2)24-12-15-6-8-16(9-7-15)13-26-14-18(19,20)21/h6-9H,3-5,10-14H2,1-2H3,(H2,22,23,24). The number of rotatable bonds is 11. The van der Waals surface area contributed by atoms with Crippen LogP contribution in [0.1, 0.15) is 31.4 Å². The molecule has 0 aliphatic rings. The Morgan fingerprint density at radius 3 is 2.35 bits per heavy atom. The highest BCUT2D eigenvalue weighted by Crippen LogP contribution is 2.16. The van der Waals surface area contributed by atoms with E-state index >= 15 is 0 Å². The molecule has 1 aromatic rings. The van der Waals surface area contributed by atoms with E-state index in [1.807, 2.05) is 26.0 Å². The van der Waals surface area contributed by atoms with Crippen molar-refractivity contribution in [3.05, 3.63) is 35.4 Å². The quantitative estimate of drug-likeness (QED) is 0.354. The molecule has 0 unspecified atom stereocenters. The van der Waals surface area contributed by atoms with E-state index < -0.39 is 12.8 Å². The minimum Gasteiger partial charge on any atom is -0.382 e. The topological polar surface area (TPSA) is 54.9 Å². The van der Waals surface area contributed by atoms with Crippen LogP contribution in [-0.4, -0.2) is 45.0 Å². The molecule has 2 N–H and O–H groups in total. The fourth-order valence-corrected chi connectivity index (χ4v) is 2.06. The molecule has 0 saturated carbocycles. The van der Waals surface area contributed by atoms with Gasteiger partial charge in [-0.05, 0) is 31.4 Å². The second kappa shape index (κ2) is 12.5. The molecule has 0 aromatic heterocycles. The van der Waals surface area contributed by atoms with E-state index in [1.165, 1.54) is 0 Å². The molecule has 0 fully saturated rings. The fourth-order valence-electron chi connectivity index (χ4n) is 2.06. The zero-order chi connectivity index (χ0) is 19.3. The van der Waals surface area contributed by atoms with Gasteiger partial charge in [-0.3, -0.25) is 0 Å². The van der Waals surface area contributed by atoms with Crippen LogP contribution in [0.4, 0.5) is 13.2 Å². The van der Waals surface area contributed by atoms with Gasteiger partial charge in [0.2, 0.25) is 0 Å². The lowest BCUT2D eigenvalue weighted by Crippen LogP contribution is -2.38. The Hall–Kier alpha value is -1.80. The number of guanidine groups is 1. The van der Waals surface area contributed by atoms with Gasteiger partial charge in [-0.2, -0.15) is 13.2 Å². The zero-order valence-corrected chi connectivity index (χ0v) is 15.4. The van der Waals surface area contributed by atoms with Gasteiger partial charge >= 0.3 is 6.18 Å². The van der Waals surface area contributed by atoms with Crippen molar-refractivity contribution >= 4 is 5.96 Å². The van der Waals surface area contributed by atoms with Crippen molar-refractivity contribution in [3.63, 3.8) is 0 Å². The molecule has 8 heteroatoms. The summed E-state index contributed by atoms with van der Waals surface area (Å²) >= 11 is 0. The normalized spacial score (nSPS) is 12.3. The van der Waals surface area contributed by atoms with Crippen molar-refractivity contribution in [1.82, 2.24) is 10.6 Å². The lowest BCUT2D eigenvalue weighted by atomic mass is 10.1. The molecule has 1 rings (SSSR count). The summed E-state index contributed by atoms with van der Waals surface area (Å²) < 4.78 is 46.1. The molecule has 0 amide bonds. The zero-order valence-electron chi connectivity index (χ0n) is 15.4.